The summed E-state index contributed by atoms with van der Waals surface area (Å²) in [5.41, 5.74) is 4.94. The molecular formula is C17H16N2OS2. The standard InChI is InChI=1S/C17H16N2OS2/c20-22(17-7-2-1-3-8-17)12-14-5-4-6-15(9-14)18-10-16-11-21-13-19-16/h1-9,11,13,18H,10,12H2/t22-/m1/s1. The van der Waals surface area contributed by atoms with E-state index < -0.39 is 10.8 Å². The van der Waals surface area contributed by atoms with E-state index in [4.69, 9.17) is 0 Å². The van der Waals surface area contributed by atoms with Crippen LogP contribution >= 0.6 is 11.3 Å². The highest BCUT2D eigenvalue weighted by Gasteiger charge is 2.05. The van der Waals surface area contributed by atoms with Crippen LogP contribution in [0.5, 0.6) is 0 Å². The first-order valence-electron chi connectivity index (χ1n) is 6.94. The van der Waals surface area contributed by atoms with Gasteiger partial charge in [0.25, 0.3) is 0 Å². The average Bonchev–Trinajstić information content (AvgIpc) is 3.08. The summed E-state index contributed by atoms with van der Waals surface area (Å²) in [6.07, 6.45) is 0. The van der Waals surface area contributed by atoms with E-state index in [1.54, 1.807) is 11.3 Å². The van der Waals surface area contributed by atoms with Crippen molar-refractivity contribution >= 4 is 27.8 Å². The fraction of sp³-hybridized carbons (Fsp3) is 0.118. The average molecular weight is 328 g/mol. The number of thiazole rings is 1. The van der Waals surface area contributed by atoms with Crippen molar-refractivity contribution in [1.82, 2.24) is 4.98 Å². The third-order valence-corrected chi connectivity index (χ3v) is 5.22. The summed E-state index contributed by atoms with van der Waals surface area (Å²) in [5.74, 6) is 0.524. The van der Waals surface area contributed by atoms with E-state index in [-0.39, 0.29) is 0 Å². The lowest BCUT2D eigenvalue weighted by Crippen LogP contribution is -2.01. The first-order chi connectivity index (χ1) is 10.8. The number of benzene rings is 2. The zero-order chi connectivity index (χ0) is 15.2. The molecule has 0 aliphatic heterocycles. The van der Waals surface area contributed by atoms with Gasteiger partial charge in [-0.1, -0.05) is 30.3 Å². The van der Waals surface area contributed by atoms with Crippen LogP contribution in [0.3, 0.4) is 0 Å². The highest BCUT2D eigenvalue weighted by Crippen LogP contribution is 2.16. The molecule has 0 saturated heterocycles. The highest BCUT2D eigenvalue weighted by molar-refractivity contribution is 7.84. The second-order valence-electron chi connectivity index (χ2n) is 4.84. The van der Waals surface area contributed by atoms with Crippen LogP contribution in [0.15, 0.2) is 70.4 Å². The maximum absolute atomic E-state index is 12.4. The minimum atomic E-state index is -1.01. The molecule has 0 aliphatic carbocycles. The van der Waals surface area contributed by atoms with Crippen LogP contribution in [0.25, 0.3) is 0 Å². The zero-order valence-electron chi connectivity index (χ0n) is 11.9. The SMILES string of the molecule is O=[S@](Cc1cccc(NCc2cscn2)c1)c1ccccc1. The fourth-order valence-electron chi connectivity index (χ4n) is 2.10. The molecule has 0 spiro atoms. The molecule has 0 radical (unpaired) electrons. The van der Waals surface area contributed by atoms with E-state index in [0.717, 1.165) is 21.8 Å². The van der Waals surface area contributed by atoms with Crippen molar-refractivity contribution in [1.29, 1.82) is 0 Å². The molecular weight excluding hydrogens is 312 g/mol. The zero-order valence-corrected chi connectivity index (χ0v) is 13.6. The summed E-state index contributed by atoms with van der Waals surface area (Å²) in [4.78, 5) is 5.11. The van der Waals surface area contributed by atoms with Crippen molar-refractivity contribution in [3.63, 3.8) is 0 Å². The molecule has 1 heterocycles. The van der Waals surface area contributed by atoms with Crippen LogP contribution in [0, 0.1) is 0 Å². The number of anilines is 1. The van der Waals surface area contributed by atoms with Gasteiger partial charge in [0.05, 0.1) is 34.3 Å². The second-order valence-corrected chi connectivity index (χ2v) is 7.01. The fourth-order valence-corrected chi connectivity index (χ4v) is 3.76. The largest absolute Gasteiger partial charge is 0.379 e. The van der Waals surface area contributed by atoms with Gasteiger partial charge >= 0.3 is 0 Å². The van der Waals surface area contributed by atoms with Crippen LogP contribution in [-0.4, -0.2) is 9.19 Å². The Kier molecular flexibility index (Phi) is 4.98. The van der Waals surface area contributed by atoms with Gasteiger partial charge in [-0.05, 0) is 29.8 Å². The predicted molar refractivity (Wildman–Crippen MR) is 92.4 cm³/mol. The molecule has 0 saturated carbocycles. The van der Waals surface area contributed by atoms with E-state index >= 15 is 0 Å². The maximum atomic E-state index is 12.4. The Bertz CT molecular complexity index is 742. The van der Waals surface area contributed by atoms with Crippen LogP contribution in [-0.2, 0) is 23.1 Å². The summed E-state index contributed by atoms with van der Waals surface area (Å²) in [6, 6.07) is 17.6. The predicted octanol–water partition coefficient (Wildman–Crippen LogP) is 4.06. The Morgan fingerprint density at radius 1 is 1.09 bits per heavy atom. The topological polar surface area (TPSA) is 42.0 Å². The van der Waals surface area contributed by atoms with Crippen LogP contribution in [0.1, 0.15) is 11.3 Å². The van der Waals surface area contributed by atoms with Crippen molar-refractivity contribution in [3.05, 3.63) is 76.7 Å². The lowest BCUT2D eigenvalue weighted by atomic mass is 10.2. The van der Waals surface area contributed by atoms with E-state index in [1.807, 2.05) is 65.5 Å². The number of hydrogen-bond acceptors (Lipinski definition) is 4. The van der Waals surface area contributed by atoms with E-state index in [2.05, 4.69) is 10.3 Å². The molecule has 1 atom stereocenters. The number of nitrogens with one attached hydrogen (secondary N) is 1. The van der Waals surface area contributed by atoms with Gasteiger partial charge in [0.15, 0.2) is 0 Å². The van der Waals surface area contributed by atoms with Crippen molar-refractivity contribution in [3.8, 4) is 0 Å². The summed E-state index contributed by atoms with van der Waals surface area (Å²) >= 11 is 1.59. The van der Waals surface area contributed by atoms with Crippen LogP contribution in [0.4, 0.5) is 5.69 Å². The van der Waals surface area contributed by atoms with Crippen LogP contribution < -0.4 is 5.32 Å². The lowest BCUT2D eigenvalue weighted by Gasteiger charge is -2.07. The van der Waals surface area contributed by atoms with E-state index in [0.29, 0.717) is 12.3 Å². The molecule has 3 aromatic rings. The molecule has 5 heteroatoms. The van der Waals surface area contributed by atoms with E-state index in [9.17, 15) is 4.21 Å². The first kappa shape index (κ1) is 14.9. The van der Waals surface area contributed by atoms with Gasteiger partial charge in [0.2, 0.25) is 0 Å². The van der Waals surface area contributed by atoms with Gasteiger partial charge in [-0.15, -0.1) is 11.3 Å². The summed E-state index contributed by atoms with van der Waals surface area (Å²) < 4.78 is 12.4. The minimum absolute atomic E-state index is 0.524. The molecule has 0 fully saturated rings. The monoisotopic (exact) mass is 328 g/mol. The summed E-state index contributed by atoms with van der Waals surface area (Å²) in [7, 11) is -1.01. The second kappa shape index (κ2) is 7.33. The Morgan fingerprint density at radius 2 is 1.95 bits per heavy atom. The molecule has 2 aromatic carbocycles. The van der Waals surface area contributed by atoms with Crippen molar-refractivity contribution in [2.75, 3.05) is 5.32 Å². The van der Waals surface area contributed by atoms with Gasteiger partial charge in [0, 0.05) is 16.0 Å². The molecule has 3 nitrogen and oxygen atoms in total. The quantitative estimate of drug-likeness (QED) is 0.742. The van der Waals surface area contributed by atoms with Crippen molar-refractivity contribution in [2.24, 2.45) is 0 Å². The maximum Gasteiger partial charge on any atom is 0.0795 e. The normalized spacial score (nSPS) is 12.0. The first-order valence-corrected chi connectivity index (χ1v) is 9.21. The number of nitrogens with zero attached hydrogens (tertiary/aromatic N) is 1. The van der Waals surface area contributed by atoms with Gasteiger partial charge in [0.1, 0.15) is 0 Å². The Labute approximate surface area is 136 Å². The molecule has 1 aromatic heterocycles. The Hall–Kier alpha value is -1.98. The number of rotatable bonds is 6. The Balaban J connectivity index is 1.65. The molecule has 112 valence electrons. The third kappa shape index (κ3) is 4.02. The third-order valence-electron chi connectivity index (χ3n) is 3.19. The number of hydrogen-bond donors (Lipinski definition) is 1. The molecule has 0 amide bonds. The summed E-state index contributed by atoms with van der Waals surface area (Å²) in [6.45, 7) is 0.703. The van der Waals surface area contributed by atoms with Gasteiger partial charge < -0.3 is 5.32 Å². The highest BCUT2D eigenvalue weighted by atomic mass is 32.2. The molecule has 1 N–H and O–H groups in total. The molecule has 3 rings (SSSR count). The number of aromatic nitrogens is 1. The molecule has 0 aliphatic rings. The smallest absolute Gasteiger partial charge is 0.0795 e. The van der Waals surface area contributed by atoms with E-state index in [1.165, 1.54) is 0 Å². The summed E-state index contributed by atoms with van der Waals surface area (Å²) in [5, 5.41) is 5.37. The molecule has 22 heavy (non-hydrogen) atoms. The lowest BCUT2D eigenvalue weighted by molar-refractivity contribution is 0.682. The van der Waals surface area contributed by atoms with Gasteiger partial charge in [-0.2, -0.15) is 0 Å². The molecule has 0 bridgehead atoms. The van der Waals surface area contributed by atoms with Crippen molar-refractivity contribution in [2.45, 2.75) is 17.2 Å². The minimum Gasteiger partial charge on any atom is -0.379 e. The molecule has 0 unspecified atom stereocenters. The van der Waals surface area contributed by atoms with Crippen molar-refractivity contribution < 1.29 is 4.21 Å². The Morgan fingerprint density at radius 3 is 2.73 bits per heavy atom. The van der Waals surface area contributed by atoms with Gasteiger partial charge in [-0.25, -0.2) is 4.98 Å². The van der Waals surface area contributed by atoms with Crippen LogP contribution in [0.2, 0.25) is 0 Å². The van der Waals surface area contributed by atoms with Gasteiger partial charge in [-0.3, -0.25) is 4.21 Å².